The molecule has 70 valence electrons. The highest BCUT2D eigenvalue weighted by molar-refractivity contribution is 7.80. The Bertz CT molecular complexity index is 347. The van der Waals surface area contributed by atoms with Crippen molar-refractivity contribution < 1.29 is 14.6 Å². The monoisotopic (exact) mass is 198 g/mol. The maximum atomic E-state index is 10.8. The molecule has 0 spiro atoms. The molecule has 1 rings (SSSR count). The number of thiol groups is 1. The topological polar surface area (TPSA) is 46.5 Å². The Kier molecular flexibility index (Phi) is 2.83. The molecule has 0 amide bonds. The van der Waals surface area contributed by atoms with Gasteiger partial charge in [0.2, 0.25) is 0 Å². The number of carboxylic acids is 1. The van der Waals surface area contributed by atoms with Crippen LogP contribution in [0.25, 0.3) is 0 Å². The van der Waals surface area contributed by atoms with Crippen molar-refractivity contribution in [3.8, 4) is 5.75 Å². The van der Waals surface area contributed by atoms with Crippen LogP contribution < -0.4 is 4.74 Å². The summed E-state index contributed by atoms with van der Waals surface area (Å²) in [7, 11) is 1.44. The predicted molar refractivity (Wildman–Crippen MR) is 51.9 cm³/mol. The number of rotatable bonds is 2. The summed E-state index contributed by atoms with van der Waals surface area (Å²) in [6.45, 7) is 1.70. The lowest BCUT2D eigenvalue weighted by Crippen LogP contribution is -2.03. The van der Waals surface area contributed by atoms with Crippen molar-refractivity contribution in [2.24, 2.45) is 0 Å². The van der Waals surface area contributed by atoms with Crippen molar-refractivity contribution in [2.45, 2.75) is 11.8 Å². The Hall–Kier alpha value is -1.16. The van der Waals surface area contributed by atoms with Gasteiger partial charge in [0.1, 0.15) is 11.3 Å². The van der Waals surface area contributed by atoms with Crippen LogP contribution in [0.3, 0.4) is 0 Å². The average molecular weight is 198 g/mol. The normalized spacial score (nSPS) is 9.77. The van der Waals surface area contributed by atoms with Gasteiger partial charge in [-0.2, -0.15) is 0 Å². The number of hydrogen-bond acceptors (Lipinski definition) is 3. The zero-order chi connectivity index (χ0) is 10.0. The van der Waals surface area contributed by atoms with E-state index in [0.717, 1.165) is 0 Å². The molecular weight excluding hydrogens is 188 g/mol. The molecule has 0 heterocycles. The number of ether oxygens (including phenoxy) is 1. The molecule has 0 aliphatic carbocycles. The molecule has 0 saturated heterocycles. The highest BCUT2D eigenvalue weighted by atomic mass is 32.1. The van der Waals surface area contributed by atoms with E-state index in [0.29, 0.717) is 16.2 Å². The number of benzene rings is 1. The predicted octanol–water partition coefficient (Wildman–Crippen LogP) is 1.99. The molecule has 13 heavy (non-hydrogen) atoms. The van der Waals surface area contributed by atoms with E-state index in [-0.39, 0.29) is 5.56 Å². The minimum absolute atomic E-state index is 0.176. The summed E-state index contributed by atoms with van der Waals surface area (Å²) < 4.78 is 4.93. The van der Waals surface area contributed by atoms with Gasteiger partial charge < -0.3 is 9.84 Å². The Labute approximate surface area is 81.8 Å². The summed E-state index contributed by atoms with van der Waals surface area (Å²) in [6, 6.07) is 3.31. The largest absolute Gasteiger partial charge is 0.496 e. The Morgan fingerprint density at radius 2 is 2.15 bits per heavy atom. The molecule has 0 saturated carbocycles. The van der Waals surface area contributed by atoms with Gasteiger partial charge >= 0.3 is 5.97 Å². The van der Waals surface area contributed by atoms with Gasteiger partial charge in [-0.1, -0.05) is 0 Å². The molecule has 1 N–H and O–H groups in total. The summed E-state index contributed by atoms with van der Waals surface area (Å²) >= 11 is 4.13. The smallest absolute Gasteiger partial charge is 0.339 e. The van der Waals surface area contributed by atoms with Gasteiger partial charge in [-0.25, -0.2) is 4.79 Å². The van der Waals surface area contributed by atoms with Crippen LogP contribution >= 0.6 is 12.6 Å². The molecule has 0 fully saturated rings. The summed E-state index contributed by atoms with van der Waals surface area (Å²) in [5.41, 5.74) is 0.796. The van der Waals surface area contributed by atoms with Crippen molar-refractivity contribution >= 4 is 18.6 Å². The first-order valence-electron chi connectivity index (χ1n) is 3.67. The fourth-order valence-electron chi connectivity index (χ4n) is 1.11. The quantitative estimate of drug-likeness (QED) is 0.714. The van der Waals surface area contributed by atoms with Gasteiger partial charge in [0.15, 0.2) is 0 Å². The molecule has 0 aliphatic rings. The van der Waals surface area contributed by atoms with Crippen molar-refractivity contribution in [1.29, 1.82) is 0 Å². The van der Waals surface area contributed by atoms with Gasteiger partial charge in [0.05, 0.1) is 7.11 Å². The number of aromatic carboxylic acids is 1. The number of carboxylic acid groups (broad SMARTS) is 1. The molecule has 0 unspecified atom stereocenters. The molecular formula is C9H10O3S. The van der Waals surface area contributed by atoms with E-state index in [9.17, 15) is 4.79 Å². The van der Waals surface area contributed by atoms with Crippen LogP contribution in [0.15, 0.2) is 17.0 Å². The van der Waals surface area contributed by atoms with Crippen molar-refractivity contribution in [3.05, 3.63) is 23.3 Å². The first-order valence-corrected chi connectivity index (χ1v) is 4.12. The van der Waals surface area contributed by atoms with Crippen LogP contribution in [-0.2, 0) is 0 Å². The van der Waals surface area contributed by atoms with Crippen LogP contribution in [-0.4, -0.2) is 18.2 Å². The first kappa shape index (κ1) is 9.92. The SMILES string of the molecule is COc1ccc(S)c(C)c1C(=O)O. The molecule has 0 aliphatic heterocycles. The lowest BCUT2D eigenvalue weighted by Gasteiger charge is -2.08. The highest BCUT2D eigenvalue weighted by Crippen LogP contribution is 2.26. The molecule has 0 aromatic heterocycles. The van der Waals surface area contributed by atoms with Gasteiger partial charge in [-0.05, 0) is 24.6 Å². The van der Waals surface area contributed by atoms with E-state index in [2.05, 4.69) is 12.6 Å². The zero-order valence-corrected chi connectivity index (χ0v) is 8.26. The summed E-state index contributed by atoms with van der Waals surface area (Å²) in [5, 5.41) is 8.89. The fraction of sp³-hybridized carbons (Fsp3) is 0.222. The first-order chi connectivity index (χ1) is 6.07. The second-order valence-corrected chi connectivity index (χ2v) is 3.07. The number of methoxy groups -OCH3 is 1. The highest BCUT2D eigenvalue weighted by Gasteiger charge is 2.15. The molecule has 0 radical (unpaired) electrons. The van der Waals surface area contributed by atoms with Crippen molar-refractivity contribution in [1.82, 2.24) is 0 Å². The van der Waals surface area contributed by atoms with E-state index >= 15 is 0 Å². The molecule has 1 aromatic carbocycles. The van der Waals surface area contributed by atoms with E-state index in [1.54, 1.807) is 19.1 Å². The summed E-state index contributed by atoms with van der Waals surface area (Å²) in [5.74, 6) is -0.631. The van der Waals surface area contributed by atoms with E-state index in [4.69, 9.17) is 9.84 Å². The van der Waals surface area contributed by atoms with Crippen LogP contribution in [0.5, 0.6) is 5.75 Å². The molecule has 1 aromatic rings. The lowest BCUT2D eigenvalue weighted by molar-refractivity contribution is 0.0692. The van der Waals surface area contributed by atoms with Gasteiger partial charge in [0, 0.05) is 4.90 Å². The average Bonchev–Trinajstić information content (AvgIpc) is 2.08. The number of hydrogen-bond donors (Lipinski definition) is 2. The third-order valence-electron chi connectivity index (χ3n) is 1.83. The Morgan fingerprint density at radius 1 is 1.54 bits per heavy atom. The standard InChI is InChI=1S/C9H10O3S/c1-5-7(13)4-3-6(12-2)8(5)9(10)11/h3-4,13H,1-2H3,(H,10,11). The molecule has 4 heteroatoms. The van der Waals surface area contributed by atoms with E-state index < -0.39 is 5.97 Å². The van der Waals surface area contributed by atoms with E-state index in [1.165, 1.54) is 7.11 Å². The minimum atomic E-state index is -0.995. The Morgan fingerprint density at radius 3 is 2.62 bits per heavy atom. The van der Waals surface area contributed by atoms with Gasteiger partial charge in [-0.15, -0.1) is 12.6 Å². The maximum absolute atomic E-state index is 10.8. The molecule has 0 bridgehead atoms. The summed E-state index contributed by atoms with van der Waals surface area (Å²) in [6.07, 6.45) is 0. The third kappa shape index (κ3) is 1.78. The van der Waals surface area contributed by atoms with Crippen LogP contribution in [0.2, 0.25) is 0 Å². The van der Waals surface area contributed by atoms with Crippen LogP contribution in [0.4, 0.5) is 0 Å². The molecule has 0 atom stereocenters. The van der Waals surface area contributed by atoms with E-state index in [1.807, 2.05) is 0 Å². The second-order valence-electron chi connectivity index (χ2n) is 2.59. The molecule has 3 nitrogen and oxygen atoms in total. The lowest BCUT2D eigenvalue weighted by atomic mass is 10.1. The van der Waals surface area contributed by atoms with Gasteiger partial charge in [-0.3, -0.25) is 0 Å². The van der Waals surface area contributed by atoms with Crippen molar-refractivity contribution in [3.63, 3.8) is 0 Å². The van der Waals surface area contributed by atoms with Crippen LogP contribution in [0, 0.1) is 6.92 Å². The summed E-state index contributed by atoms with van der Waals surface area (Å²) in [4.78, 5) is 11.5. The third-order valence-corrected chi connectivity index (χ3v) is 2.32. The zero-order valence-electron chi connectivity index (χ0n) is 7.37. The Balaban J connectivity index is 3.41. The van der Waals surface area contributed by atoms with Crippen LogP contribution in [0.1, 0.15) is 15.9 Å². The number of carbonyl (C=O) groups is 1. The van der Waals surface area contributed by atoms with Crippen molar-refractivity contribution in [2.75, 3.05) is 7.11 Å². The minimum Gasteiger partial charge on any atom is -0.496 e. The second kappa shape index (κ2) is 3.70. The fourth-order valence-corrected chi connectivity index (χ4v) is 1.30. The van der Waals surface area contributed by atoms with Gasteiger partial charge in [0.25, 0.3) is 0 Å². The maximum Gasteiger partial charge on any atom is 0.339 e.